The second-order valence-corrected chi connectivity index (χ2v) is 7.64. The van der Waals surface area contributed by atoms with Crippen molar-refractivity contribution in [2.24, 2.45) is 7.05 Å². The summed E-state index contributed by atoms with van der Waals surface area (Å²) in [5, 5.41) is 0. The molecule has 0 aliphatic carbocycles. The summed E-state index contributed by atoms with van der Waals surface area (Å²) in [5.41, 5.74) is 0.939. The molecule has 0 radical (unpaired) electrons. The average molecular weight is 287 g/mol. The highest BCUT2D eigenvalue weighted by atomic mass is 16.3. The minimum Gasteiger partial charge on any atom is -0.217 e. The molecule has 2 heterocycles. The minimum atomic E-state index is -0.293. The van der Waals surface area contributed by atoms with E-state index in [-0.39, 0.29) is 10.8 Å². The fourth-order valence-corrected chi connectivity index (χ4v) is 1.90. The van der Waals surface area contributed by atoms with Gasteiger partial charge in [0.05, 0.1) is 13.6 Å². The number of aromatic nitrogens is 1. The molecule has 0 spiro atoms. The maximum Gasteiger partial charge on any atom is 0.335 e. The van der Waals surface area contributed by atoms with Gasteiger partial charge in [-0.25, -0.2) is 8.98 Å². The molecule has 0 bridgehead atoms. The van der Waals surface area contributed by atoms with Crippen LogP contribution in [0.3, 0.4) is 0 Å². The minimum absolute atomic E-state index is 0.293. The van der Waals surface area contributed by atoms with Crippen LogP contribution in [-0.2, 0) is 17.9 Å². The first-order valence-electron chi connectivity index (χ1n) is 8.37. The molecule has 2 aromatic rings. The molecule has 0 amide bonds. The van der Waals surface area contributed by atoms with Gasteiger partial charge < -0.3 is 0 Å². The van der Waals surface area contributed by atoms with E-state index < -0.39 is 0 Å². The fourth-order valence-electron chi connectivity index (χ4n) is 1.90. The summed E-state index contributed by atoms with van der Waals surface area (Å²) in [6.07, 6.45) is 3.87. The summed E-state index contributed by atoms with van der Waals surface area (Å²) in [6, 6.07) is 4.52. The standard InChI is InChI=1S/C19H27NO/c1-18(2,3)16-12-15(13-17(21-16)19(4,5)6)14-8-10-20(7)11-9-14/h8-13H,1-7H3/q+2/i12D,13D. The molecule has 2 nitrogen and oxygen atoms in total. The van der Waals surface area contributed by atoms with Gasteiger partial charge in [-0.3, -0.25) is 0 Å². The van der Waals surface area contributed by atoms with Crippen molar-refractivity contribution < 1.29 is 11.7 Å². The van der Waals surface area contributed by atoms with Crippen LogP contribution in [-0.4, -0.2) is 0 Å². The Balaban J connectivity index is 2.87. The van der Waals surface area contributed by atoms with Crippen molar-refractivity contribution in [1.29, 1.82) is 0 Å². The van der Waals surface area contributed by atoms with E-state index in [2.05, 4.69) is 0 Å². The van der Waals surface area contributed by atoms with Crippen LogP contribution in [0.4, 0.5) is 0 Å². The molecule has 21 heavy (non-hydrogen) atoms. The molecule has 0 atom stereocenters. The molecular weight excluding hydrogens is 258 g/mol. The largest absolute Gasteiger partial charge is 0.335 e. The number of rotatable bonds is 1. The first-order valence-corrected chi connectivity index (χ1v) is 7.37. The number of pyridine rings is 1. The highest BCUT2D eigenvalue weighted by molar-refractivity contribution is 5.63. The first kappa shape index (κ1) is 13.0. The van der Waals surface area contributed by atoms with Gasteiger partial charge in [0.15, 0.2) is 12.4 Å². The van der Waals surface area contributed by atoms with Crippen molar-refractivity contribution in [3.63, 3.8) is 0 Å². The summed E-state index contributed by atoms with van der Waals surface area (Å²) in [7, 11) is 1.95. The van der Waals surface area contributed by atoms with Gasteiger partial charge in [-0.1, -0.05) is 0 Å². The van der Waals surface area contributed by atoms with Crippen LogP contribution in [0.2, 0.25) is 0 Å². The van der Waals surface area contributed by atoms with E-state index in [1.807, 2.05) is 77.7 Å². The molecule has 0 N–H and O–H groups in total. The van der Waals surface area contributed by atoms with Crippen LogP contribution >= 0.6 is 0 Å². The van der Waals surface area contributed by atoms with Crippen LogP contribution in [0.5, 0.6) is 0 Å². The summed E-state index contributed by atoms with van der Waals surface area (Å²) in [4.78, 5) is 0. The highest BCUT2D eigenvalue weighted by Gasteiger charge is 2.34. The zero-order valence-corrected chi connectivity index (χ0v) is 14.2. The molecule has 0 saturated carbocycles. The molecule has 0 fully saturated rings. The lowest BCUT2D eigenvalue weighted by Gasteiger charge is -2.15. The maximum absolute atomic E-state index is 8.61. The van der Waals surface area contributed by atoms with Crippen molar-refractivity contribution in [1.82, 2.24) is 0 Å². The van der Waals surface area contributed by atoms with Crippen LogP contribution in [0.15, 0.2) is 41.0 Å². The van der Waals surface area contributed by atoms with Gasteiger partial charge in [0.25, 0.3) is 0 Å². The molecule has 0 unspecified atom stereocenters. The third-order valence-corrected chi connectivity index (χ3v) is 3.31. The Kier molecular flexibility index (Phi) is 3.25. The highest BCUT2D eigenvalue weighted by Crippen LogP contribution is 2.33. The molecule has 0 saturated heterocycles. The Morgan fingerprint density at radius 3 is 1.67 bits per heavy atom. The van der Waals surface area contributed by atoms with Gasteiger partial charge in [-0.05, 0) is 47.1 Å². The first-order chi connectivity index (χ1) is 10.4. The number of nitrogens with zero attached hydrogens (tertiary/aromatic N) is 1. The predicted molar refractivity (Wildman–Crippen MR) is 87.1 cm³/mol. The average Bonchev–Trinajstić information content (AvgIpc) is 2.38. The number of aryl methyl sites for hydroxylation is 1. The quantitative estimate of drug-likeness (QED) is 0.550. The van der Waals surface area contributed by atoms with Crippen LogP contribution < -0.4 is 4.57 Å². The number of hydrogen-bond donors (Lipinski definition) is 0. The van der Waals surface area contributed by atoms with E-state index in [4.69, 9.17) is 7.16 Å². The van der Waals surface area contributed by atoms with Gasteiger partial charge in [0.1, 0.15) is 7.05 Å². The van der Waals surface area contributed by atoms with Gasteiger partial charge in [-0.2, -0.15) is 0 Å². The molecule has 2 heteroatoms. The van der Waals surface area contributed by atoms with Crippen molar-refractivity contribution >= 4 is 0 Å². The van der Waals surface area contributed by atoms with Gasteiger partial charge in [-0.15, -0.1) is 0 Å². The molecular formula is C19H27NO+2. The number of hydrogen-bond acceptors (Lipinski definition) is 0. The van der Waals surface area contributed by atoms with Gasteiger partial charge >= 0.3 is 11.5 Å². The molecule has 2 rings (SSSR count). The third-order valence-electron chi connectivity index (χ3n) is 3.31. The molecule has 112 valence electrons. The normalized spacial score (nSPS) is 13.9. The zero-order valence-electron chi connectivity index (χ0n) is 16.2. The van der Waals surface area contributed by atoms with Crippen molar-refractivity contribution in [3.8, 4) is 11.1 Å². The Labute approximate surface area is 131 Å². The van der Waals surface area contributed by atoms with E-state index in [1.54, 1.807) is 0 Å². The lowest BCUT2D eigenvalue weighted by Crippen LogP contribution is -2.25. The third kappa shape index (κ3) is 3.69. The van der Waals surface area contributed by atoms with E-state index in [1.165, 1.54) is 0 Å². The van der Waals surface area contributed by atoms with E-state index in [0.717, 1.165) is 5.56 Å². The van der Waals surface area contributed by atoms with Crippen molar-refractivity contribution in [3.05, 3.63) is 48.1 Å². The molecule has 0 aliphatic rings. The van der Waals surface area contributed by atoms with Gasteiger partial charge in [0.2, 0.25) is 0 Å². The summed E-state index contributed by atoms with van der Waals surface area (Å²) in [5.74, 6) is 1.25. The van der Waals surface area contributed by atoms with Crippen molar-refractivity contribution in [2.75, 3.05) is 0 Å². The summed E-state index contributed by atoms with van der Waals surface area (Å²) in [6.45, 7) is 12.2. The predicted octanol–water partition coefficient (Wildman–Crippen LogP) is 4.65. The lowest BCUT2D eigenvalue weighted by molar-refractivity contribution is -0.671. The molecule has 2 aromatic heterocycles. The molecule has 0 aliphatic heterocycles. The smallest absolute Gasteiger partial charge is 0.217 e. The van der Waals surface area contributed by atoms with E-state index >= 15 is 0 Å². The fraction of sp³-hybridized carbons (Fsp3) is 0.474. The summed E-state index contributed by atoms with van der Waals surface area (Å²) >= 11 is 0. The Bertz CT molecular complexity index is 685. The van der Waals surface area contributed by atoms with Crippen LogP contribution in [0.25, 0.3) is 11.1 Å². The van der Waals surface area contributed by atoms with Crippen LogP contribution in [0, 0.1) is 0 Å². The van der Waals surface area contributed by atoms with E-state index in [9.17, 15) is 0 Å². The second kappa shape index (κ2) is 5.25. The van der Waals surface area contributed by atoms with E-state index in [0.29, 0.717) is 29.2 Å². The van der Waals surface area contributed by atoms with Crippen LogP contribution in [0.1, 0.15) is 55.8 Å². The SMILES string of the molecule is [2H]c1c(C(C)(C)C)[o+]c(C(C)(C)C)c([2H])c1-c1cc[n+](C)cc1. The Hall–Kier alpha value is -1.70. The lowest BCUT2D eigenvalue weighted by atomic mass is 9.87. The second-order valence-electron chi connectivity index (χ2n) is 7.64. The maximum atomic E-state index is 8.61. The zero-order chi connectivity index (χ0) is 17.6. The topological polar surface area (TPSA) is 15.2 Å². The van der Waals surface area contributed by atoms with Gasteiger partial charge in [0, 0.05) is 29.8 Å². The molecule has 0 aromatic carbocycles. The Morgan fingerprint density at radius 1 is 0.857 bits per heavy atom. The van der Waals surface area contributed by atoms with Crippen molar-refractivity contribution in [2.45, 2.75) is 52.4 Å². The summed E-state index contributed by atoms with van der Waals surface area (Å²) < 4.78 is 25.2. The Morgan fingerprint density at radius 2 is 1.29 bits per heavy atom. The monoisotopic (exact) mass is 287 g/mol.